The highest BCUT2D eigenvalue weighted by Crippen LogP contribution is 2.38. The maximum absolute atomic E-state index is 12.9. The number of hydrogen-bond acceptors (Lipinski definition) is 7. The highest BCUT2D eigenvalue weighted by atomic mass is 35.5. The van der Waals surface area contributed by atoms with E-state index in [1.54, 1.807) is 32.2 Å². The number of anilines is 3. The standard InChI is InChI=1S/C26H25ClN6O3/c1-28-25-22(33-12-17(13-33)35-3)9-8-15(30-25)10-16-11-20(23-21(29-16)14-32(2)26(23)34)31-19-7-5-6-18(27)24(19)36-4/h5-9,11,17H,10,12-14H2,2-4H3,(H,29,31). The Balaban J connectivity index is 1.47. The van der Waals surface area contributed by atoms with Crippen molar-refractivity contribution in [3.05, 3.63) is 75.5 Å². The zero-order chi connectivity index (χ0) is 25.4. The monoisotopic (exact) mass is 504 g/mol. The van der Waals surface area contributed by atoms with E-state index in [9.17, 15) is 4.79 Å². The minimum absolute atomic E-state index is 0.103. The Hall–Kier alpha value is -3.87. The summed E-state index contributed by atoms with van der Waals surface area (Å²) in [6, 6.07) is 11.1. The van der Waals surface area contributed by atoms with Gasteiger partial charge in [-0.15, -0.1) is 4.98 Å². The van der Waals surface area contributed by atoms with Crippen LogP contribution in [0.15, 0.2) is 36.4 Å². The maximum atomic E-state index is 12.9. The maximum Gasteiger partial charge on any atom is 0.293 e. The number of nitrogens with zero attached hydrogens (tertiary/aromatic N) is 5. The first kappa shape index (κ1) is 23.9. The molecule has 2 aromatic heterocycles. The quantitative estimate of drug-likeness (QED) is 0.476. The van der Waals surface area contributed by atoms with Crippen LogP contribution in [0.3, 0.4) is 0 Å². The molecule has 10 heteroatoms. The summed E-state index contributed by atoms with van der Waals surface area (Å²) in [7, 11) is 4.99. The molecule has 2 aliphatic heterocycles. The molecule has 0 saturated carbocycles. The van der Waals surface area contributed by atoms with Crippen LogP contribution < -0.4 is 15.0 Å². The average Bonchev–Trinajstić information content (AvgIpc) is 3.12. The fourth-order valence-electron chi connectivity index (χ4n) is 4.52. The van der Waals surface area contributed by atoms with Crippen LogP contribution in [0.25, 0.3) is 4.85 Å². The minimum Gasteiger partial charge on any atom is -0.493 e. The number of benzene rings is 1. The van der Waals surface area contributed by atoms with Crippen LogP contribution in [0.5, 0.6) is 5.75 Å². The van der Waals surface area contributed by atoms with Gasteiger partial charge in [0, 0.05) is 27.2 Å². The van der Waals surface area contributed by atoms with Crippen LogP contribution in [0.4, 0.5) is 22.9 Å². The van der Waals surface area contributed by atoms with Gasteiger partial charge in [0.05, 0.1) is 65.2 Å². The fourth-order valence-corrected chi connectivity index (χ4v) is 4.77. The molecule has 1 N–H and O–H groups in total. The number of amides is 1. The molecule has 0 bridgehead atoms. The van der Waals surface area contributed by atoms with Gasteiger partial charge in [-0.05, 0) is 30.3 Å². The number of methoxy groups -OCH3 is 2. The zero-order valence-corrected chi connectivity index (χ0v) is 21.0. The normalized spacial score (nSPS) is 14.9. The van der Waals surface area contributed by atoms with E-state index >= 15 is 0 Å². The number of halogens is 1. The molecule has 1 saturated heterocycles. The highest BCUT2D eigenvalue weighted by molar-refractivity contribution is 6.32. The van der Waals surface area contributed by atoms with E-state index in [-0.39, 0.29) is 12.0 Å². The van der Waals surface area contributed by atoms with Crippen LogP contribution in [0, 0.1) is 6.57 Å². The fraction of sp³-hybridized carbons (Fsp3) is 0.308. The van der Waals surface area contributed by atoms with Gasteiger partial charge >= 0.3 is 0 Å². The van der Waals surface area contributed by atoms with Crippen LogP contribution in [0.2, 0.25) is 5.02 Å². The zero-order valence-electron chi connectivity index (χ0n) is 20.2. The molecular weight excluding hydrogens is 480 g/mol. The van der Waals surface area contributed by atoms with Gasteiger partial charge in [0.15, 0.2) is 5.75 Å². The molecule has 1 fully saturated rings. The van der Waals surface area contributed by atoms with Crippen molar-refractivity contribution in [2.45, 2.75) is 19.1 Å². The third-order valence-corrected chi connectivity index (χ3v) is 6.74. The number of nitrogens with one attached hydrogen (secondary N) is 1. The molecule has 36 heavy (non-hydrogen) atoms. The summed E-state index contributed by atoms with van der Waals surface area (Å²) in [5.41, 5.74) is 4.76. The van der Waals surface area contributed by atoms with Crippen molar-refractivity contribution >= 4 is 40.4 Å². The highest BCUT2D eigenvalue weighted by Gasteiger charge is 2.31. The molecule has 1 aromatic carbocycles. The van der Waals surface area contributed by atoms with Gasteiger partial charge < -0.3 is 29.4 Å². The number of carbonyl (C=O) groups is 1. The first-order valence-corrected chi connectivity index (χ1v) is 11.8. The van der Waals surface area contributed by atoms with Crippen molar-refractivity contribution in [3.8, 4) is 5.75 Å². The van der Waals surface area contributed by atoms with E-state index in [4.69, 9.17) is 32.6 Å². The first-order chi connectivity index (χ1) is 17.4. The summed E-state index contributed by atoms with van der Waals surface area (Å²) in [4.78, 5) is 29.6. The summed E-state index contributed by atoms with van der Waals surface area (Å²) in [6.07, 6.45) is 0.597. The molecule has 0 aliphatic carbocycles. The average molecular weight is 505 g/mol. The van der Waals surface area contributed by atoms with Gasteiger partial charge in [0.25, 0.3) is 11.7 Å². The van der Waals surface area contributed by atoms with Crippen molar-refractivity contribution in [1.29, 1.82) is 0 Å². The summed E-state index contributed by atoms with van der Waals surface area (Å²) >= 11 is 6.30. The molecule has 5 rings (SSSR count). The minimum atomic E-state index is -0.103. The summed E-state index contributed by atoms with van der Waals surface area (Å²) in [5, 5.41) is 3.79. The third kappa shape index (κ3) is 4.30. The Morgan fingerprint density at radius 3 is 2.69 bits per heavy atom. The predicted molar refractivity (Wildman–Crippen MR) is 138 cm³/mol. The predicted octanol–water partition coefficient (Wildman–Crippen LogP) is 4.44. The van der Waals surface area contributed by atoms with Crippen molar-refractivity contribution in [1.82, 2.24) is 14.9 Å². The second kappa shape index (κ2) is 9.64. The number of carbonyl (C=O) groups excluding carboxylic acids is 1. The third-order valence-electron chi connectivity index (χ3n) is 6.44. The lowest BCUT2D eigenvalue weighted by Crippen LogP contribution is -2.51. The summed E-state index contributed by atoms with van der Waals surface area (Å²) in [6.45, 7) is 9.53. The number of rotatable bonds is 7. The van der Waals surface area contributed by atoms with E-state index in [0.29, 0.717) is 52.2 Å². The Labute approximate surface area is 214 Å². The number of fused-ring (bicyclic) bond motifs is 1. The number of pyridine rings is 2. The molecule has 9 nitrogen and oxygen atoms in total. The van der Waals surface area contributed by atoms with Crippen LogP contribution >= 0.6 is 11.6 Å². The van der Waals surface area contributed by atoms with Crippen molar-refractivity contribution in [2.24, 2.45) is 0 Å². The molecule has 0 radical (unpaired) electrons. The van der Waals surface area contributed by atoms with Gasteiger partial charge in [-0.25, -0.2) is 0 Å². The van der Waals surface area contributed by atoms with Crippen molar-refractivity contribution in [3.63, 3.8) is 0 Å². The van der Waals surface area contributed by atoms with Crippen LogP contribution in [0.1, 0.15) is 27.4 Å². The van der Waals surface area contributed by atoms with E-state index in [1.165, 1.54) is 0 Å². The number of ether oxygens (including phenoxy) is 2. The molecule has 0 atom stereocenters. The van der Waals surface area contributed by atoms with Gasteiger partial charge in [0.1, 0.15) is 5.69 Å². The van der Waals surface area contributed by atoms with E-state index in [1.807, 2.05) is 30.3 Å². The smallest absolute Gasteiger partial charge is 0.293 e. The van der Waals surface area contributed by atoms with Crippen molar-refractivity contribution < 1.29 is 14.3 Å². The van der Waals surface area contributed by atoms with Gasteiger partial charge in [-0.2, -0.15) is 0 Å². The number of hydrogen-bond donors (Lipinski definition) is 1. The van der Waals surface area contributed by atoms with Gasteiger partial charge in [-0.3, -0.25) is 9.78 Å². The summed E-state index contributed by atoms with van der Waals surface area (Å²) < 4.78 is 10.8. The molecule has 184 valence electrons. The molecule has 4 heterocycles. The Kier molecular flexibility index (Phi) is 6.39. The molecule has 3 aromatic rings. The first-order valence-electron chi connectivity index (χ1n) is 11.4. The van der Waals surface area contributed by atoms with E-state index < -0.39 is 0 Å². The van der Waals surface area contributed by atoms with Crippen molar-refractivity contribution in [2.75, 3.05) is 44.6 Å². The van der Waals surface area contributed by atoms with Gasteiger partial charge in [0.2, 0.25) is 0 Å². The lowest BCUT2D eigenvalue weighted by atomic mass is 10.1. The van der Waals surface area contributed by atoms with Crippen LogP contribution in [-0.4, -0.2) is 61.2 Å². The SMILES string of the molecule is [C-]#[N+]c1nc(Cc2cc(Nc3cccc(Cl)c3OC)c3c(n2)CN(C)C3=O)ccc1N1CC(OC)C1. The topological polar surface area (TPSA) is 84.2 Å². The largest absolute Gasteiger partial charge is 0.493 e. The molecule has 0 spiro atoms. The number of para-hydroxylation sites is 1. The van der Waals surface area contributed by atoms with E-state index in [2.05, 4.69) is 20.0 Å². The second-order valence-electron chi connectivity index (χ2n) is 8.79. The Bertz CT molecular complexity index is 1380. The van der Waals surface area contributed by atoms with Gasteiger partial charge in [-0.1, -0.05) is 24.2 Å². The summed E-state index contributed by atoms with van der Waals surface area (Å²) in [5.74, 6) is 0.750. The van der Waals surface area contributed by atoms with E-state index in [0.717, 1.165) is 30.2 Å². The lowest BCUT2D eigenvalue weighted by Gasteiger charge is -2.40. The van der Waals surface area contributed by atoms with Crippen LogP contribution in [-0.2, 0) is 17.7 Å². The molecule has 1 amide bonds. The molecular formula is C26H25ClN6O3. The lowest BCUT2D eigenvalue weighted by molar-refractivity contribution is 0.0788. The molecule has 2 aliphatic rings. The Morgan fingerprint density at radius 1 is 1.17 bits per heavy atom. The Morgan fingerprint density at radius 2 is 1.97 bits per heavy atom. The molecule has 0 unspecified atom stereocenters. The number of aromatic nitrogens is 2. The second-order valence-corrected chi connectivity index (χ2v) is 9.19.